The molecule has 0 bridgehead atoms. The largest absolute Gasteiger partial charge is 0.396 e. The lowest BCUT2D eigenvalue weighted by Gasteiger charge is -2.14. The molecular formula is C11H15ClFN3O2S. The summed E-state index contributed by atoms with van der Waals surface area (Å²) in [5.74, 6) is -0.732. The number of nitrogens with one attached hydrogen (secondary N) is 1. The first-order valence-corrected chi connectivity index (χ1v) is 7.61. The highest BCUT2D eigenvalue weighted by Crippen LogP contribution is 2.26. The highest BCUT2D eigenvalue weighted by Gasteiger charge is 2.27. The van der Waals surface area contributed by atoms with Gasteiger partial charge in [0.25, 0.3) is 0 Å². The summed E-state index contributed by atoms with van der Waals surface area (Å²) in [6.07, 6.45) is 0.726. The Balaban J connectivity index is 2.27. The van der Waals surface area contributed by atoms with Gasteiger partial charge in [-0.3, -0.25) is 0 Å². The van der Waals surface area contributed by atoms with Crippen molar-refractivity contribution in [3.63, 3.8) is 0 Å². The molecule has 1 aromatic carbocycles. The van der Waals surface area contributed by atoms with E-state index < -0.39 is 15.8 Å². The molecule has 19 heavy (non-hydrogen) atoms. The van der Waals surface area contributed by atoms with E-state index in [4.69, 9.17) is 17.3 Å². The number of anilines is 1. The molecule has 1 unspecified atom stereocenters. The number of halogens is 2. The second kappa shape index (κ2) is 5.24. The van der Waals surface area contributed by atoms with Crippen LogP contribution in [0.15, 0.2) is 17.0 Å². The molecule has 1 fully saturated rings. The second-order valence-electron chi connectivity index (χ2n) is 4.67. The molecule has 5 nitrogen and oxygen atoms in total. The van der Waals surface area contributed by atoms with Gasteiger partial charge >= 0.3 is 0 Å². The fraction of sp³-hybridized carbons (Fsp3) is 0.455. The van der Waals surface area contributed by atoms with Crippen molar-refractivity contribution in [2.24, 2.45) is 0 Å². The molecule has 0 spiro atoms. The summed E-state index contributed by atoms with van der Waals surface area (Å²) in [6.45, 7) is 1.46. The highest BCUT2D eigenvalue weighted by molar-refractivity contribution is 7.89. The van der Waals surface area contributed by atoms with Gasteiger partial charge in [-0.25, -0.2) is 17.5 Å². The Morgan fingerprint density at radius 3 is 2.79 bits per heavy atom. The van der Waals surface area contributed by atoms with Crippen LogP contribution in [-0.2, 0) is 10.0 Å². The first-order valence-electron chi connectivity index (χ1n) is 5.75. The average Bonchev–Trinajstić information content (AvgIpc) is 2.68. The van der Waals surface area contributed by atoms with E-state index in [0.29, 0.717) is 6.54 Å². The van der Waals surface area contributed by atoms with E-state index in [-0.39, 0.29) is 21.6 Å². The second-order valence-corrected chi connectivity index (χ2v) is 6.76. The van der Waals surface area contributed by atoms with Crippen molar-refractivity contribution in [2.45, 2.75) is 17.4 Å². The number of nitrogens with two attached hydrogens (primary N) is 1. The minimum Gasteiger partial charge on any atom is -0.396 e. The quantitative estimate of drug-likeness (QED) is 0.818. The van der Waals surface area contributed by atoms with E-state index in [1.54, 1.807) is 0 Å². The van der Waals surface area contributed by atoms with E-state index in [0.717, 1.165) is 25.1 Å². The molecule has 0 aliphatic carbocycles. The van der Waals surface area contributed by atoms with Gasteiger partial charge in [0.1, 0.15) is 10.7 Å². The van der Waals surface area contributed by atoms with Crippen LogP contribution in [0.3, 0.4) is 0 Å². The number of nitrogen functional groups attached to an aromatic ring is 1. The Kier molecular flexibility index (Phi) is 4.00. The fourth-order valence-corrected chi connectivity index (χ4v) is 3.88. The van der Waals surface area contributed by atoms with Gasteiger partial charge in [-0.1, -0.05) is 11.6 Å². The summed E-state index contributed by atoms with van der Waals surface area (Å²) in [4.78, 5) is 1.83. The summed E-state index contributed by atoms with van der Waals surface area (Å²) in [6, 6.07) is 1.78. The van der Waals surface area contributed by atoms with Crippen molar-refractivity contribution < 1.29 is 12.8 Å². The maximum absolute atomic E-state index is 13.2. The topological polar surface area (TPSA) is 75.4 Å². The van der Waals surface area contributed by atoms with Crippen molar-refractivity contribution in [1.29, 1.82) is 0 Å². The predicted octanol–water partition coefficient (Wildman–Crippen LogP) is 1.04. The molecule has 0 saturated carbocycles. The van der Waals surface area contributed by atoms with Gasteiger partial charge in [0, 0.05) is 12.6 Å². The van der Waals surface area contributed by atoms with Crippen LogP contribution < -0.4 is 10.5 Å². The third kappa shape index (κ3) is 3.17. The van der Waals surface area contributed by atoms with Gasteiger partial charge in [0.05, 0.1) is 10.7 Å². The van der Waals surface area contributed by atoms with Gasteiger partial charge in [-0.15, -0.1) is 0 Å². The number of likely N-dealkylation sites (N-methyl/N-ethyl adjacent to an activating group) is 1. The molecule has 1 heterocycles. The predicted molar refractivity (Wildman–Crippen MR) is 72.0 cm³/mol. The van der Waals surface area contributed by atoms with E-state index in [2.05, 4.69) is 4.72 Å². The van der Waals surface area contributed by atoms with Gasteiger partial charge in [0.2, 0.25) is 10.0 Å². The fourth-order valence-electron chi connectivity index (χ4n) is 2.06. The molecular weight excluding hydrogens is 293 g/mol. The Morgan fingerprint density at radius 2 is 2.21 bits per heavy atom. The third-order valence-electron chi connectivity index (χ3n) is 3.05. The molecule has 1 atom stereocenters. The Bertz CT molecular complexity index is 594. The zero-order valence-electron chi connectivity index (χ0n) is 10.4. The van der Waals surface area contributed by atoms with E-state index >= 15 is 0 Å². The summed E-state index contributed by atoms with van der Waals surface area (Å²) in [5.41, 5.74) is 5.14. The molecule has 1 aromatic rings. The van der Waals surface area contributed by atoms with Gasteiger partial charge in [-0.2, -0.15) is 0 Å². The van der Waals surface area contributed by atoms with Crippen LogP contribution in [0.5, 0.6) is 0 Å². The standard InChI is InChI=1S/C11H15ClFN3O2S/c1-16-3-2-7(6-16)15-19(17,18)11-5-10(14)9(13)4-8(11)12/h4-5,7,15H,2-3,6,14H2,1H3. The van der Waals surface area contributed by atoms with E-state index in [1.807, 2.05) is 11.9 Å². The first-order chi connectivity index (χ1) is 8.79. The minimum absolute atomic E-state index is 0.169. The molecule has 3 N–H and O–H groups in total. The molecule has 0 aromatic heterocycles. The molecule has 0 amide bonds. The molecule has 0 radical (unpaired) electrons. The third-order valence-corrected chi connectivity index (χ3v) is 5.04. The number of nitrogens with zero attached hydrogens (tertiary/aromatic N) is 1. The molecule has 8 heteroatoms. The van der Waals surface area contributed by atoms with E-state index in [1.165, 1.54) is 0 Å². The number of rotatable bonds is 3. The van der Waals surface area contributed by atoms with Gasteiger partial charge < -0.3 is 10.6 Å². The maximum Gasteiger partial charge on any atom is 0.242 e. The summed E-state index contributed by atoms with van der Waals surface area (Å²) in [5, 5.41) is -0.175. The minimum atomic E-state index is -3.79. The summed E-state index contributed by atoms with van der Waals surface area (Å²) in [7, 11) is -1.88. The van der Waals surface area contributed by atoms with Crippen LogP contribution in [0.25, 0.3) is 0 Å². The number of sulfonamides is 1. The lowest BCUT2D eigenvalue weighted by molar-refractivity contribution is 0.407. The van der Waals surface area contributed by atoms with Crippen LogP contribution in [0.4, 0.5) is 10.1 Å². The van der Waals surface area contributed by atoms with Crippen LogP contribution in [0.2, 0.25) is 5.02 Å². The SMILES string of the molecule is CN1CCC(NS(=O)(=O)c2cc(N)c(F)cc2Cl)C1. The molecule has 1 aliphatic heterocycles. The summed E-state index contributed by atoms with van der Waals surface area (Å²) >= 11 is 5.77. The van der Waals surface area contributed by atoms with E-state index in [9.17, 15) is 12.8 Å². The van der Waals surface area contributed by atoms with Crippen LogP contribution >= 0.6 is 11.6 Å². The zero-order chi connectivity index (χ0) is 14.2. The Hall–Kier alpha value is -0.890. The number of likely N-dealkylation sites (tertiary alicyclic amines) is 1. The van der Waals surface area contributed by atoms with Crippen molar-refractivity contribution in [2.75, 3.05) is 25.9 Å². The molecule has 1 saturated heterocycles. The highest BCUT2D eigenvalue weighted by atomic mass is 35.5. The molecule has 1 aliphatic rings. The van der Waals surface area contributed by atoms with Gasteiger partial charge in [0.15, 0.2) is 0 Å². The van der Waals surface area contributed by atoms with Crippen molar-refractivity contribution in [1.82, 2.24) is 9.62 Å². The van der Waals surface area contributed by atoms with Crippen LogP contribution in [-0.4, -0.2) is 39.5 Å². The lowest BCUT2D eigenvalue weighted by atomic mass is 10.3. The van der Waals surface area contributed by atoms with Crippen molar-refractivity contribution in [3.8, 4) is 0 Å². The van der Waals surface area contributed by atoms with Crippen molar-refractivity contribution >= 4 is 27.3 Å². The van der Waals surface area contributed by atoms with Crippen LogP contribution in [0.1, 0.15) is 6.42 Å². The van der Waals surface area contributed by atoms with Crippen molar-refractivity contribution in [3.05, 3.63) is 23.0 Å². The molecule has 106 valence electrons. The summed E-state index contributed by atoms with van der Waals surface area (Å²) < 4.78 is 40.1. The smallest absolute Gasteiger partial charge is 0.242 e. The lowest BCUT2D eigenvalue weighted by Crippen LogP contribution is -2.36. The number of hydrogen-bond donors (Lipinski definition) is 2. The monoisotopic (exact) mass is 307 g/mol. The maximum atomic E-state index is 13.2. The Morgan fingerprint density at radius 1 is 1.53 bits per heavy atom. The number of hydrogen-bond acceptors (Lipinski definition) is 4. The van der Waals surface area contributed by atoms with Crippen LogP contribution in [0, 0.1) is 5.82 Å². The average molecular weight is 308 g/mol. The zero-order valence-corrected chi connectivity index (χ0v) is 11.9. The number of benzene rings is 1. The van der Waals surface area contributed by atoms with Gasteiger partial charge in [-0.05, 0) is 32.1 Å². The first kappa shape index (κ1) is 14.5. The Labute approximate surface area is 116 Å². The molecule has 2 rings (SSSR count). The normalized spacial score (nSPS) is 20.9.